The molecule has 0 aliphatic carbocycles. The predicted molar refractivity (Wildman–Crippen MR) is 78.8 cm³/mol. The molecule has 2 aromatic heterocycles. The number of nitrogens with one attached hydrogen (secondary N) is 1. The lowest BCUT2D eigenvalue weighted by molar-refractivity contribution is 0.296. The summed E-state index contributed by atoms with van der Waals surface area (Å²) in [6, 6.07) is 5.94. The van der Waals surface area contributed by atoms with Crippen LogP contribution in [0.1, 0.15) is 31.0 Å². The third-order valence-corrected chi connectivity index (χ3v) is 3.41. The van der Waals surface area contributed by atoms with Crippen molar-refractivity contribution in [1.82, 2.24) is 9.97 Å². The van der Waals surface area contributed by atoms with E-state index in [9.17, 15) is 0 Å². The van der Waals surface area contributed by atoms with E-state index < -0.39 is 0 Å². The van der Waals surface area contributed by atoms with Gasteiger partial charge in [0.1, 0.15) is 18.2 Å². The first-order valence-corrected chi connectivity index (χ1v) is 7.46. The van der Waals surface area contributed by atoms with E-state index in [0.717, 1.165) is 31.0 Å². The second-order valence-electron chi connectivity index (χ2n) is 4.16. The molecule has 0 saturated heterocycles. The minimum atomic E-state index is 0.561. The predicted octanol–water partition coefficient (Wildman–Crippen LogP) is 3.50. The molecule has 0 amide bonds. The first-order chi connectivity index (χ1) is 9.31. The smallest absolute Gasteiger partial charge is 0.219 e. The van der Waals surface area contributed by atoms with Gasteiger partial charge in [0.15, 0.2) is 0 Å². The summed E-state index contributed by atoms with van der Waals surface area (Å²) >= 11 is 1.69. The fourth-order valence-electron chi connectivity index (χ4n) is 1.59. The van der Waals surface area contributed by atoms with Crippen LogP contribution in [0.3, 0.4) is 0 Å². The number of rotatable bonds is 7. The highest BCUT2D eigenvalue weighted by Crippen LogP contribution is 2.17. The van der Waals surface area contributed by atoms with Crippen molar-refractivity contribution in [2.24, 2.45) is 0 Å². The van der Waals surface area contributed by atoms with Crippen LogP contribution in [0.4, 0.5) is 5.82 Å². The Kier molecular flexibility index (Phi) is 5.15. The first kappa shape index (κ1) is 13.8. The summed E-state index contributed by atoms with van der Waals surface area (Å²) in [5.74, 6) is 2.29. The zero-order chi connectivity index (χ0) is 13.5. The molecule has 0 atom stereocenters. The van der Waals surface area contributed by atoms with Gasteiger partial charge < -0.3 is 10.1 Å². The molecule has 5 heteroatoms. The van der Waals surface area contributed by atoms with E-state index >= 15 is 0 Å². The fourth-order valence-corrected chi connectivity index (χ4v) is 2.20. The number of ether oxygens (including phenoxy) is 1. The van der Waals surface area contributed by atoms with E-state index in [-0.39, 0.29) is 0 Å². The number of nitrogens with zero attached hydrogens (tertiary/aromatic N) is 2. The fraction of sp³-hybridized carbons (Fsp3) is 0.429. The zero-order valence-electron chi connectivity index (χ0n) is 11.3. The number of hydrogen-bond acceptors (Lipinski definition) is 5. The summed E-state index contributed by atoms with van der Waals surface area (Å²) in [6.45, 7) is 5.64. The molecule has 2 heterocycles. The Morgan fingerprint density at radius 2 is 2.21 bits per heavy atom. The largest absolute Gasteiger partial charge is 0.472 e. The van der Waals surface area contributed by atoms with Gasteiger partial charge in [0.05, 0.1) is 0 Å². The Labute approximate surface area is 117 Å². The maximum atomic E-state index is 5.73. The van der Waals surface area contributed by atoms with Crippen LogP contribution < -0.4 is 10.1 Å². The van der Waals surface area contributed by atoms with Gasteiger partial charge in [-0.05, 0) is 17.9 Å². The molecule has 1 N–H and O–H groups in total. The van der Waals surface area contributed by atoms with Gasteiger partial charge in [-0.3, -0.25) is 0 Å². The lowest BCUT2D eigenvalue weighted by atomic mass is 10.4. The summed E-state index contributed by atoms with van der Waals surface area (Å²) in [4.78, 5) is 10.0. The van der Waals surface area contributed by atoms with Crippen molar-refractivity contribution in [3.8, 4) is 5.88 Å². The second-order valence-corrected chi connectivity index (χ2v) is 5.19. The van der Waals surface area contributed by atoms with Gasteiger partial charge >= 0.3 is 0 Å². The summed E-state index contributed by atoms with van der Waals surface area (Å²) in [5.41, 5.74) is 0. The SMILES string of the molecule is CCCNc1cc(OCc2cccs2)nc(CC)n1. The van der Waals surface area contributed by atoms with E-state index in [4.69, 9.17) is 4.74 Å². The van der Waals surface area contributed by atoms with E-state index in [1.807, 2.05) is 24.4 Å². The molecule has 102 valence electrons. The number of aromatic nitrogens is 2. The molecule has 19 heavy (non-hydrogen) atoms. The highest BCUT2D eigenvalue weighted by Gasteiger charge is 2.05. The third-order valence-electron chi connectivity index (χ3n) is 2.56. The van der Waals surface area contributed by atoms with Gasteiger partial charge in [-0.2, -0.15) is 4.98 Å². The van der Waals surface area contributed by atoms with Gasteiger partial charge in [-0.15, -0.1) is 11.3 Å². The maximum Gasteiger partial charge on any atom is 0.219 e. The van der Waals surface area contributed by atoms with Crippen molar-refractivity contribution in [3.05, 3.63) is 34.3 Å². The van der Waals surface area contributed by atoms with Crippen LogP contribution in [-0.4, -0.2) is 16.5 Å². The quantitative estimate of drug-likeness (QED) is 0.841. The summed E-state index contributed by atoms with van der Waals surface area (Å²) in [7, 11) is 0. The molecule has 0 aliphatic heterocycles. The second kappa shape index (κ2) is 7.09. The average molecular weight is 277 g/mol. The molecule has 0 bridgehead atoms. The standard InChI is InChI=1S/C14H19N3OS/c1-3-7-15-13-9-14(17-12(4-2)16-13)18-10-11-6-5-8-19-11/h5-6,8-9H,3-4,7,10H2,1-2H3,(H,15,16,17). The van der Waals surface area contributed by atoms with Crippen LogP contribution in [0, 0.1) is 0 Å². The highest BCUT2D eigenvalue weighted by atomic mass is 32.1. The normalized spacial score (nSPS) is 10.4. The van der Waals surface area contributed by atoms with Crippen LogP contribution in [0.25, 0.3) is 0 Å². The molecule has 2 rings (SSSR count). The lowest BCUT2D eigenvalue weighted by Gasteiger charge is -2.09. The van der Waals surface area contributed by atoms with Gasteiger partial charge in [-0.1, -0.05) is 19.9 Å². The van der Waals surface area contributed by atoms with E-state index in [2.05, 4.69) is 28.3 Å². The molecule has 0 unspecified atom stereocenters. The van der Waals surface area contributed by atoms with Crippen molar-refractivity contribution in [1.29, 1.82) is 0 Å². The number of thiophene rings is 1. The Hall–Kier alpha value is -1.62. The van der Waals surface area contributed by atoms with Crippen molar-refractivity contribution in [3.63, 3.8) is 0 Å². The summed E-state index contributed by atoms with van der Waals surface area (Å²) in [5, 5.41) is 5.32. The molecule has 0 spiro atoms. The van der Waals surface area contributed by atoms with E-state index in [0.29, 0.717) is 12.5 Å². The lowest BCUT2D eigenvalue weighted by Crippen LogP contribution is -2.06. The Morgan fingerprint density at radius 1 is 1.32 bits per heavy atom. The van der Waals surface area contributed by atoms with Crippen molar-refractivity contribution >= 4 is 17.2 Å². The summed E-state index contributed by atoms with van der Waals surface area (Å²) in [6.07, 6.45) is 1.87. The highest BCUT2D eigenvalue weighted by molar-refractivity contribution is 7.09. The van der Waals surface area contributed by atoms with E-state index in [1.54, 1.807) is 11.3 Å². The molecule has 0 saturated carbocycles. The van der Waals surface area contributed by atoms with Crippen LogP contribution in [0.2, 0.25) is 0 Å². The van der Waals surface area contributed by atoms with Crippen LogP contribution in [-0.2, 0) is 13.0 Å². The molecule has 0 radical (unpaired) electrons. The van der Waals surface area contributed by atoms with E-state index in [1.165, 1.54) is 4.88 Å². The first-order valence-electron chi connectivity index (χ1n) is 6.58. The van der Waals surface area contributed by atoms with Gasteiger partial charge in [-0.25, -0.2) is 4.98 Å². The summed E-state index contributed by atoms with van der Waals surface area (Å²) < 4.78 is 5.73. The monoisotopic (exact) mass is 277 g/mol. The molecular formula is C14H19N3OS. The minimum Gasteiger partial charge on any atom is -0.472 e. The number of aryl methyl sites for hydroxylation is 1. The van der Waals surface area contributed by atoms with Crippen LogP contribution >= 0.6 is 11.3 Å². The van der Waals surface area contributed by atoms with Crippen molar-refractivity contribution in [2.75, 3.05) is 11.9 Å². The molecular weight excluding hydrogens is 258 g/mol. The Morgan fingerprint density at radius 3 is 2.89 bits per heavy atom. The van der Waals surface area contributed by atoms with Crippen molar-refractivity contribution < 1.29 is 4.74 Å². The van der Waals surface area contributed by atoms with Gasteiger partial charge in [0.25, 0.3) is 0 Å². The number of hydrogen-bond donors (Lipinski definition) is 1. The molecule has 2 aromatic rings. The topological polar surface area (TPSA) is 47.0 Å². The zero-order valence-corrected chi connectivity index (χ0v) is 12.2. The minimum absolute atomic E-state index is 0.561. The average Bonchev–Trinajstić information content (AvgIpc) is 2.96. The molecule has 0 aliphatic rings. The van der Waals surface area contributed by atoms with Crippen LogP contribution in [0.5, 0.6) is 5.88 Å². The van der Waals surface area contributed by atoms with Gasteiger partial charge in [0.2, 0.25) is 5.88 Å². The molecule has 0 fully saturated rings. The maximum absolute atomic E-state index is 5.73. The molecule has 0 aromatic carbocycles. The Bertz CT molecular complexity index is 499. The number of anilines is 1. The van der Waals surface area contributed by atoms with Crippen molar-refractivity contribution in [2.45, 2.75) is 33.3 Å². The molecule has 4 nitrogen and oxygen atoms in total. The third kappa shape index (κ3) is 4.21. The van der Waals surface area contributed by atoms with Gasteiger partial charge in [0, 0.05) is 23.9 Å². The van der Waals surface area contributed by atoms with Crippen LogP contribution in [0.15, 0.2) is 23.6 Å². The Balaban J connectivity index is 2.05.